The number of nitrogens with zero attached hydrogens (tertiary/aromatic N) is 1. The molecule has 0 aliphatic heterocycles. The van der Waals surface area contributed by atoms with Crippen LogP contribution in [0.1, 0.15) is 25.5 Å². The van der Waals surface area contributed by atoms with Gasteiger partial charge in [-0.3, -0.25) is 9.78 Å². The molecule has 1 aromatic rings. The molecule has 0 aliphatic rings. The van der Waals surface area contributed by atoms with Gasteiger partial charge < -0.3 is 4.79 Å². The molecule has 0 bridgehead atoms. The van der Waals surface area contributed by atoms with Crippen molar-refractivity contribution < 1.29 is 9.59 Å². The highest BCUT2D eigenvalue weighted by atomic mass is 16.1. The monoisotopic (exact) mass is 203 g/mol. The Hall–Kier alpha value is -1.77. The highest BCUT2D eigenvalue weighted by Crippen LogP contribution is 1.99. The van der Waals surface area contributed by atoms with Crippen LogP contribution >= 0.6 is 0 Å². The Labute approximate surface area is 88.8 Å². The fourth-order valence-electron chi connectivity index (χ4n) is 1.04. The van der Waals surface area contributed by atoms with Crippen LogP contribution in [0.15, 0.2) is 30.5 Å². The van der Waals surface area contributed by atoms with Crippen molar-refractivity contribution in [3.8, 4) is 0 Å². The third kappa shape index (κ3) is 4.86. The second kappa shape index (κ2) is 5.86. The van der Waals surface area contributed by atoms with Gasteiger partial charge in [-0.2, -0.15) is 0 Å². The molecule has 1 heterocycles. The smallest absolute Gasteiger partial charge is 0.156 e. The average Bonchev–Trinajstić information content (AvgIpc) is 2.25. The molecule has 0 radical (unpaired) electrons. The molecule has 0 spiro atoms. The van der Waals surface area contributed by atoms with Gasteiger partial charge in [0, 0.05) is 19.0 Å². The standard InChI is InChI=1S/C12H13NO2/c1-10(14)5-7-12(15)8-6-11-4-2-3-9-13-11/h2-4,6,8-9H,5,7H2,1H3/b8-6+. The largest absolute Gasteiger partial charge is 0.300 e. The number of pyridine rings is 1. The third-order valence-electron chi connectivity index (χ3n) is 1.85. The number of carbonyl (C=O) groups excluding carboxylic acids is 2. The first-order chi connectivity index (χ1) is 7.18. The van der Waals surface area contributed by atoms with Crippen molar-refractivity contribution in [2.24, 2.45) is 0 Å². The van der Waals surface area contributed by atoms with Crippen LogP contribution in [0.3, 0.4) is 0 Å². The van der Waals surface area contributed by atoms with Crippen molar-refractivity contribution in [3.63, 3.8) is 0 Å². The topological polar surface area (TPSA) is 47.0 Å². The van der Waals surface area contributed by atoms with Gasteiger partial charge in [0.2, 0.25) is 0 Å². The highest BCUT2D eigenvalue weighted by Gasteiger charge is 1.99. The molecule has 0 amide bonds. The van der Waals surface area contributed by atoms with Gasteiger partial charge in [-0.15, -0.1) is 0 Å². The molecule has 0 fully saturated rings. The van der Waals surface area contributed by atoms with E-state index in [4.69, 9.17) is 0 Å². The molecule has 0 N–H and O–H groups in total. The summed E-state index contributed by atoms with van der Waals surface area (Å²) in [5, 5.41) is 0. The second-order valence-electron chi connectivity index (χ2n) is 3.26. The van der Waals surface area contributed by atoms with Gasteiger partial charge in [0.25, 0.3) is 0 Å². The van der Waals surface area contributed by atoms with Crippen LogP contribution in [0, 0.1) is 0 Å². The number of hydrogen-bond donors (Lipinski definition) is 0. The van der Waals surface area contributed by atoms with Crippen LogP contribution in [-0.2, 0) is 9.59 Å². The summed E-state index contributed by atoms with van der Waals surface area (Å²) in [5.41, 5.74) is 0.744. The number of aromatic nitrogens is 1. The van der Waals surface area contributed by atoms with Gasteiger partial charge in [0.05, 0.1) is 5.69 Å². The summed E-state index contributed by atoms with van der Waals surface area (Å²) in [7, 11) is 0. The predicted octanol–water partition coefficient (Wildman–Crippen LogP) is 2.03. The second-order valence-corrected chi connectivity index (χ2v) is 3.26. The molecule has 0 saturated carbocycles. The van der Waals surface area contributed by atoms with Crippen molar-refractivity contribution in [1.29, 1.82) is 0 Å². The number of allylic oxidation sites excluding steroid dienone is 1. The normalized spacial score (nSPS) is 10.5. The molecule has 0 atom stereocenters. The van der Waals surface area contributed by atoms with Crippen LogP contribution in [0.2, 0.25) is 0 Å². The minimum atomic E-state index is -0.0455. The number of ketones is 2. The van der Waals surface area contributed by atoms with Crippen molar-refractivity contribution in [2.45, 2.75) is 19.8 Å². The molecular weight excluding hydrogens is 190 g/mol. The Kier molecular flexibility index (Phi) is 4.41. The summed E-state index contributed by atoms with van der Waals surface area (Å²) in [6.45, 7) is 1.48. The number of carbonyl (C=O) groups is 2. The summed E-state index contributed by atoms with van der Waals surface area (Å²) in [6, 6.07) is 5.48. The third-order valence-corrected chi connectivity index (χ3v) is 1.85. The fraction of sp³-hybridized carbons (Fsp3) is 0.250. The molecule has 0 saturated heterocycles. The molecule has 0 aliphatic carbocycles. The van der Waals surface area contributed by atoms with Crippen molar-refractivity contribution >= 4 is 17.6 Å². The van der Waals surface area contributed by atoms with Crippen LogP contribution in [0.4, 0.5) is 0 Å². The van der Waals surface area contributed by atoms with E-state index in [0.717, 1.165) is 5.69 Å². The summed E-state index contributed by atoms with van der Waals surface area (Å²) in [4.78, 5) is 25.9. The quantitative estimate of drug-likeness (QED) is 0.688. The zero-order valence-corrected chi connectivity index (χ0v) is 8.64. The maximum atomic E-state index is 11.3. The van der Waals surface area contributed by atoms with E-state index in [0.29, 0.717) is 6.42 Å². The van der Waals surface area contributed by atoms with E-state index in [1.807, 2.05) is 18.2 Å². The lowest BCUT2D eigenvalue weighted by Crippen LogP contribution is -1.97. The SMILES string of the molecule is CC(=O)CCC(=O)/C=C/c1ccccn1. The highest BCUT2D eigenvalue weighted by molar-refractivity contribution is 5.95. The lowest BCUT2D eigenvalue weighted by molar-refractivity contribution is -0.120. The summed E-state index contributed by atoms with van der Waals surface area (Å²) in [5.74, 6) is -0.00885. The Balaban J connectivity index is 2.44. The Bertz CT molecular complexity index is 368. The maximum absolute atomic E-state index is 11.3. The van der Waals surface area contributed by atoms with E-state index in [1.54, 1.807) is 12.3 Å². The molecule has 78 valence electrons. The molecule has 0 aromatic carbocycles. The van der Waals surface area contributed by atoms with Crippen molar-refractivity contribution in [1.82, 2.24) is 4.98 Å². The number of Topliss-reactive ketones (excluding diaryl/α,β-unsaturated/α-hetero) is 1. The summed E-state index contributed by atoms with van der Waals surface area (Å²) in [6.07, 6.45) is 5.37. The number of rotatable bonds is 5. The van der Waals surface area contributed by atoms with E-state index in [2.05, 4.69) is 4.98 Å². The first-order valence-corrected chi connectivity index (χ1v) is 4.80. The Morgan fingerprint density at radius 3 is 2.73 bits per heavy atom. The van der Waals surface area contributed by atoms with Crippen LogP contribution in [0.5, 0.6) is 0 Å². The van der Waals surface area contributed by atoms with Crippen LogP contribution in [-0.4, -0.2) is 16.6 Å². The Morgan fingerprint density at radius 2 is 2.13 bits per heavy atom. The predicted molar refractivity (Wildman–Crippen MR) is 58.2 cm³/mol. The molecule has 0 unspecified atom stereocenters. The first-order valence-electron chi connectivity index (χ1n) is 4.80. The van der Waals surface area contributed by atoms with Gasteiger partial charge in [0.1, 0.15) is 5.78 Å². The van der Waals surface area contributed by atoms with Crippen LogP contribution in [0.25, 0.3) is 6.08 Å². The fourth-order valence-corrected chi connectivity index (χ4v) is 1.04. The lowest BCUT2D eigenvalue weighted by atomic mass is 10.1. The van der Waals surface area contributed by atoms with Gasteiger partial charge >= 0.3 is 0 Å². The average molecular weight is 203 g/mol. The van der Waals surface area contributed by atoms with Gasteiger partial charge in [-0.1, -0.05) is 6.07 Å². The van der Waals surface area contributed by atoms with E-state index < -0.39 is 0 Å². The van der Waals surface area contributed by atoms with Gasteiger partial charge in [-0.05, 0) is 31.2 Å². The van der Waals surface area contributed by atoms with Gasteiger partial charge in [0.15, 0.2) is 5.78 Å². The zero-order valence-electron chi connectivity index (χ0n) is 8.64. The van der Waals surface area contributed by atoms with E-state index in [1.165, 1.54) is 13.0 Å². The van der Waals surface area contributed by atoms with Gasteiger partial charge in [-0.25, -0.2) is 0 Å². The Morgan fingerprint density at radius 1 is 1.33 bits per heavy atom. The molecule has 3 nitrogen and oxygen atoms in total. The minimum absolute atomic E-state index is 0.0367. The van der Waals surface area contributed by atoms with Crippen molar-refractivity contribution in [2.75, 3.05) is 0 Å². The van der Waals surface area contributed by atoms with E-state index in [9.17, 15) is 9.59 Å². The van der Waals surface area contributed by atoms with Crippen LogP contribution < -0.4 is 0 Å². The summed E-state index contributed by atoms with van der Waals surface area (Å²) >= 11 is 0. The molecule has 15 heavy (non-hydrogen) atoms. The minimum Gasteiger partial charge on any atom is -0.300 e. The lowest BCUT2D eigenvalue weighted by Gasteiger charge is -1.92. The summed E-state index contributed by atoms with van der Waals surface area (Å²) < 4.78 is 0. The number of hydrogen-bond acceptors (Lipinski definition) is 3. The molecule has 3 heteroatoms. The molecule has 1 rings (SSSR count). The molecular formula is C12H13NO2. The van der Waals surface area contributed by atoms with Crippen molar-refractivity contribution in [3.05, 3.63) is 36.2 Å². The van der Waals surface area contributed by atoms with E-state index >= 15 is 0 Å². The maximum Gasteiger partial charge on any atom is 0.156 e. The zero-order chi connectivity index (χ0) is 11.1. The van der Waals surface area contributed by atoms with E-state index in [-0.39, 0.29) is 18.0 Å². The molecule has 1 aromatic heterocycles. The first kappa shape index (κ1) is 11.3.